The molecular formula is C17H20BrN. The quantitative estimate of drug-likeness (QED) is 0.855. The van der Waals surface area contributed by atoms with E-state index < -0.39 is 0 Å². The van der Waals surface area contributed by atoms with Crippen LogP contribution in [-0.2, 0) is 12.0 Å². The Kier molecular flexibility index (Phi) is 4.78. The van der Waals surface area contributed by atoms with Gasteiger partial charge in [0, 0.05) is 10.0 Å². The Balaban J connectivity index is 1.92. The lowest BCUT2D eigenvalue weighted by atomic mass is 9.94. The minimum absolute atomic E-state index is 0.00448. The second-order valence-electron chi connectivity index (χ2n) is 5.29. The van der Waals surface area contributed by atoms with E-state index in [1.807, 2.05) is 0 Å². The summed E-state index contributed by atoms with van der Waals surface area (Å²) in [5.41, 5.74) is 2.68. The molecule has 0 aliphatic rings. The van der Waals surface area contributed by atoms with Gasteiger partial charge in [-0.15, -0.1) is 0 Å². The lowest BCUT2D eigenvalue weighted by Crippen LogP contribution is -2.37. The zero-order chi connectivity index (χ0) is 13.7. The molecule has 0 aliphatic carbocycles. The Bertz CT molecular complexity index is 503. The van der Waals surface area contributed by atoms with Crippen molar-refractivity contribution in [3.8, 4) is 0 Å². The van der Waals surface area contributed by atoms with E-state index in [0.717, 1.165) is 17.4 Å². The molecule has 0 spiro atoms. The van der Waals surface area contributed by atoms with Crippen molar-refractivity contribution >= 4 is 15.9 Å². The molecule has 0 amide bonds. The third-order valence-corrected chi connectivity index (χ3v) is 3.92. The first-order valence-electron chi connectivity index (χ1n) is 6.63. The summed E-state index contributed by atoms with van der Waals surface area (Å²) in [6, 6.07) is 19.1. The molecule has 0 aromatic heterocycles. The first-order chi connectivity index (χ1) is 9.08. The van der Waals surface area contributed by atoms with E-state index in [0.29, 0.717) is 0 Å². The van der Waals surface area contributed by atoms with E-state index in [2.05, 4.69) is 89.7 Å². The van der Waals surface area contributed by atoms with Crippen LogP contribution < -0.4 is 5.32 Å². The Morgan fingerprint density at radius 2 is 1.58 bits per heavy atom. The van der Waals surface area contributed by atoms with E-state index in [9.17, 15) is 0 Å². The highest BCUT2D eigenvalue weighted by Gasteiger charge is 2.18. The average molecular weight is 318 g/mol. The van der Waals surface area contributed by atoms with Crippen molar-refractivity contribution in [2.75, 3.05) is 6.54 Å². The van der Waals surface area contributed by atoms with Gasteiger partial charge in [0.1, 0.15) is 0 Å². The van der Waals surface area contributed by atoms with E-state index in [-0.39, 0.29) is 5.54 Å². The molecular weight excluding hydrogens is 298 g/mol. The molecule has 0 aliphatic heterocycles. The fraction of sp³-hybridized carbons (Fsp3) is 0.294. The highest BCUT2D eigenvalue weighted by molar-refractivity contribution is 9.10. The Hall–Kier alpha value is -1.12. The number of hydrogen-bond acceptors (Lipinski definition) is 1. The molecule has 0 saturated heterocycles. The molecule has 100 valence electrons. The van der Waals surface area contributed by atoms with Gasteiger partial charge in [-0.1, -0.05) is 58.4 Å². The summed E-state index contributed by atoms with van der Waals surface area (Å²) in [5.74, 6) is 0. The lowest BCUT2D eigenvalue weighted by Gasteiger charge is -2.27. The summed E-state index contributed by atoms with van der Waals surface area (Å²) < 4.78 is 1.12. The maximum absolute atomic E-state index is 3.63. The molecule has 0 atom stereocenters. The van der Waals surface area contributed by atoms with Gasteiger partial charge in [0.05, 0.1) is 0 Å². The maximum atomic E-state index is 3.63. The normalized spacial score (nSPS) is 11.5. The van der Waals surface area contributed by atoms with Crippen molar-refractivity contribution in [2.24, 2.45) is 0 Å². The van der Waals surface area contributed by atoms with E-state index in [4.69, 9.17) is 0 Å². The summed E-state index contributed by atoms with van der Waals surface area (Å²) >= 11 is 3.48. The van der Waals surface area contributed by atoms with Gasteiger partial charge in [0.2, 0.25) is 0 Å². The second kappa shape index (κ2) is 6.36. The van der Waals surface area contributed by atoms with Crippen molar-refractivity contribution in [2.45, 2.75) is 25.8 Å². The van der Waals surface area contributed by atoms with Gasteiger partial charge in [0.15, 0.2) is 0 Å². The molecule has 2 heteroatoms. The first kappa shape index (κ1) is 14.3. The second-order valence-corrected chi connectivity index (χ2v) is 6.21. The molecule has 0 heterocycles. The molecule has 1 N–H and O–H groups in total. The molecule has 2 rings (SSSR count). The van der Waals surface area contributed by atoms with Gasteiger partial charge in [-0.25, -0.2) is 0 Å². The highest BCUT2D eigenvalue weighted by atomic mass is 79.9. The number of benzene rings is 2. The van der Waals surface area contributed by atoms with Crippen LogP contribution in [0.2, 0.25) is 0 Å². The van der Waals surface area contributed by atoms with Crippen LogP contribution in [0, 0.1) is 0 Å². The van der Waals surface area contributed by atoms with Crippen molar-refractivity contribution in [1.29, 1.82) is 0 Å². The van der Waals surface area contributed by atoms with Gasteiger partial charge in [-0.05, 0) is 50.1 Å². The summed E-state index contributed by atoms with van der Waals surface area (Å²) in [6.07, 6.45) is 1.06. The van der Waals surface area contributed by atoms with Crippen molar-refractivity contribution in [3.05, 3.63) is 70.2 Å². The molecule has 2 aromatic rings. The summed E-state index contributed by atoms with van der Waals surface area (Å²) in [7, 11) is 0. The maximum Gasteiger partial charge on any atom is 0.0377 e. The van der Waals surface area contributed by atoms with Gasteiger partial charge in [-0.2, -0.15) is 0 Å². The standard InChI is InChI=1S/C17H20BrN/c1-17(2,15-8-10-16(18)11-9-15)19-13-12-14-6-4-3-5-7-14/h3-11,19H,12-13H2,1-2H3. The number of halogens is 1. The summed E-state index contributed by atoms with van der Waals surface area (Å²) in [4.78, 5) is 0. The minimum atomic E-state index is -0.00448. The summed E-state index contributed by atoms with van der Waals surface area (Å²) in [6.45, 7) is 5.43. The molecule has 0 bridgehead atoms. The largest absolute Gasteiger partial charge is 0.307 e. The zero-order valence-corrected chi connectivity index (χ0v) is 13.1. The van der Waals surface area contributed by atoms with Crippen LogP contribution in [0.15, 0.2) is 59.1 Å². The van der Waals surface area contributed by atoms with Crippen LogP contribution in [0.3, 0.4) is 0 Å². The number of nitrogens with one attached hydrogen (secondary N) is 1. The molecule has 19 heavy (non-hydrogen) atoms. The van der Waals surface area contributed by atoms with Crippen LogP contribution in [0.4, 0.5) is 0 Å². The lowest BCUT2D eigenvalue weighted by molar-refractivity contribution is 0.406. The predicted octanol–water partition coefficient (Wildman–Crippen LogP) is 4.52. The SMILES string of the molecule is CC(C)(NCCc1ccccc1)c1ccc(Br)cc1. The van der Waals surface area contributed by atoms with E-state index in [1.54, 1.807) is 0 Å². The Morgan fingerprint density at radius 1 is 0.947 bits per heavy atom. The molecule has 0 saturated carbocycles. The van der Waals surface area contributed by atoms with Crippen LogP contribution in [0.25, 0.3) is 0 Å². The van der Waals surface area contributed by atoms with Crippen molar-refractivity contribution in [1.82, 2.24) is 5.32 Å². The van der Waals surface area contributed by atoms with E-state index >= 15 is 0 Å². The average Bonchev–Trinajstić information content (AvgIpc) is 2.40. The van der Waals surface area contributed by atoms with Gasteiger partial charge >= 0.3 is 0 Å². The molecule has 2 aromatic carbocycles. The fourth-order valence-corrected chi connectivity index (χ4v) is 2.40. The van der Waals surface area contributed by atoms with Crippen molar-refractivity contribution in [3.63, 3.8) is 0 Å². The molecule has 0 radical (unpaired) electrons. The third kappa shape index (κ3) is 4.19. The molecule has 0 unspecified atom stereocenters. The minimum Gasteiger partial charge on any atom is -0.307 e. The smallest absolute Gasteiger partial charge is 0.0377 e. The van der Waals surface area contributed by atoms with Crippen LogP contribution in [0.5, 0.6) is 0 Å². The number of hydrogen-bond donors (Lipinski definition) is 1. The topological polar surface area (TPSA) is 12.0 Å². The van der Waals surface area contributed by atoms with Gasteiger partial charge < -0.3 is 5.32 Å². The Labute approximate surface area is 124 Å². The molecule has 1 nitrogen and oxygen atoms in total. The van der Waals surface area contributed by atoms with E-state index in [1.165, 1.54) is 11.1 Å². The van der Waals surface area contributed by atoms with Gasteiger partial charge in [-0.3, -0.25) is 0 Å². The van der Waals surface area contributed by atoms with Gasteiger partial charge in [0.25, 0.3) is 0 Å². The monoisotopic (exact) mass is 317 g/mol. The predicted molar refractivity (Wildman–Crippen MR) is 85.3 cm³/mol. The van der Waals surface area contributed by atoms with Crippen LogP contribution >= 0.6 is 15.9 Å². The highest BCUT2D eigenvalue weighted by Crippen LogP contribution is 2.22. The molecule has 0 fully saturated rings. The Morgan fingerprint density at radius 3 is 2.21 bits per heavy atom. The summed E-state index contributed by atoms with van der Waals surface area (Å²) in [5, 5.41) is 3.63. The van der Waals surface area contributed by atoms with Crippen molar-refractivity contribution < 1.29 is 0 Å². The zero-order valence-electron chi connectivity index (χ0n) is 11.5. The number of rotatable bonds is 5. The fourth-order valence-electron chi connectivity index (χ4n) is 2.13. The van der Waals surface area contributed by atoms with Crippen LogP contribution in [0.1, 0.15) is 25.0 Å². The third-order valence-electron chi connectivity index (χ3n) is 3.39. The van der Waals surface area contributed by atoms with Crippen LogP contribution in [-0.4, -0.2) is 6.54 Å². The first-order valence-corrected chi connectivity index (χ1v) is 7.42.